The minimum Gasteiger partial charge on any atom is -0.481 e. The molecule has 1 aromatic carbocycles. The van der Waals surface area contributed by atoms with Crippen molar-refractivity contribution in [2.75, 3.05) is 18.4 Å². The number of para-hydroxylation sites is 2. The number of hydrogen-bond donors (Lipinski definition) is 2. The Balaban J connectivity index is 1.90. The first-order valence-electron chi connectivity index (χ1n) is 7.89. The van der Waals surface area contributed by atoms with E-state index in [1.54, 1.807) is 30.0 Å². The first-order valence-corrected chi connectivity index (χ1v) is 7.89. The number of nitro groups is 1. The Morgan fingerprint density at radius 2 is 2.08 bits per heavy atom. The Hall–Kier alpha value is -2.64. The van der Waals surface area contributed by atoms with E-state index in [9.17, 15) is 19.7 Å². The summed E-state index contributed by atoms with van der Waals surface area (Å²) in [6.45, 7) is 2.04. The molecule has 0 aliphatic heterocycles. The first kappa shape index (κ1) is 17.7. The van der Waals surface area contributed by atoms with Gasteiger partial charge < -0.3 is 15.3 Å². The van der Waals surface area contributed by atoms with Crippen molar-refractivity contribution in [3.8, 4) is 0 Å². The molecule has 0 bridgehead atoms. The number of nitrogens with one attached hydrogen (secondary N) is 1. The van der Waals surface area contributed by atoms with Gasteiger partial charge >= 0.3 is 5.97 Å². The number of carbonyl (C=O) groups excluding carboxylic acids is 1. The van der Waals surface area contributed by atoms with Gasteiger partial charge in [0.1, 0.15) is 5.69 Å². The summed E-state index contributed by atoms with van der Waals surface area (Å²) in [5, 5.41) is 22.9. The van der Waals surface area contributed by atoms with Crippen molar-refractivity contribution in [1.29, 1.82) is 0 Å². The fourth-order valence-electron chi connectivity index (χ4n) is 2.44. The highest BCUT2D eigenvalue weighted by atomic mass is 16.6. The van der Waals surface area contributed by atoms with Gasteiger partial charge in [-0.3, -0.25) is 19.7 Å². The number of rotatable bonds is 9. The fraction of sp³-hybridized carbons (Fsp3) is 0.500. The molecule has 1 aromatic rings. The topological polar surface area (TPSA) is 113 Å². The molecular formula is C16H21N3O5. The molecule has 0 radical (unpaired) electrons. The van der Waals surface area contributed by atoms with Crippen LogP contribution in [0.2, 0.25) is 0 Å². The largest absolute Gasteiger partial charge is 0.481 e. The van der Waals surface area contributed by atoms with Gasteiger partial charge in [-0.15, -0.1) is 0 Å². The molecule has 1 fully saturated rings. The molecule has 1 atom stereocenters. The molecule has 1 aliphatic carbocycles. The quantitative estimate of drug-likeness (QED) is 0.528. The molecule has 1 aliphatic rings. The van der Waals surface area contributed by atoms with Crippen LogP contribution < -0.4 is 5.32 Å². The van der Waals surface area contributed by atoms with Gasteiger partial charge in [0.05, 0.1) is 10.8 Å². The maximum atomic E-state index is 12.4. The highest BCUT2D eigenvalue weighted by Crippen LogP contribution is 2.28. The number of hydrogen-bond acceptors (Lipinski definition) is 5. The fourth-order valence-corrected chi connectivity index (χ4v) is 2.44. The van der Waals surface area contributed by atoms with Gasteiger partial charge in [-0.2, -0.15) is 0 Å². The van der Waals surface area contributed by atoms with Crippen LogP contribution >= 0.6 is 0 Å². The number of aliphatic carboxylic acids is 1. The Bertz CT molecular complexity index is 630. The van der Waals surface area contributed by atoms with Crippen LogP contribution in [0.1, 0.15) is 26.2 Å². The third-order valence-electron chi connectivity index (χ3n) is 3.96. The van der Waals surface area contributed by atoms with Gasteiger partial charge in [0.2, 0.25) is 5.91 Å². The van der Waals surface area contributed by atoms with Crippen molar-refractivity contribution in [2.45, 2.75) is 32.2 Å². The Kier molecular flexibility index (Phi) is 5.73. The van der Waals surface area contributed by atoms with E-state index in [1.165, 1.54) is 6.07 Å². The van der Waals surface area contributed by atoms with E-state index >= 15 is 0 Å². The normalized spacial score (nSPS) is 14.7. The van der Waals surface area contributed by atoms with Gasteiger partial charge in [-0.1, -0.05) is 19.1 Å². The second-order valence-corrected chi connectivity index (χ2v) is 5.97. The number of anilines is 1. The summed E-state index contributed by atoms with van der Waals surface area (Å²) in [5.41, 5.74) is 0.329. The number of nitro benzene ring substituents is 1. The van der Waals surface area contributed by atoms with Crippen molar-refractivity contribution in [1.82, 2.24) is 4.90 Å². The van der Waals surface area contributed by atoms with Crippen LogP contribution in [0.25, 0.3) is 0 Å². The Morgan fingerprint density at radius 1 is 1.42 bits per heavy atom. The van der Waals surface area contributed by atoms with Gasteiger partial charge in [-0.25, -0.2) is 0 Å². The van der Waals surface area contributed by atoms with E-state index in [0.717, 1.165) is 12.8 Å². The molecule has 24 heavy (non-hydrogen) atoms. The lowest BCUT2D eigenvalue weighted by Crippen LogP contribution is -2.39. The number of carboxylic acid groups (broad SMARTS) is 1. The third kappa shape index (κ3) is 4.68. The van der Waals surface area contributed by atoms with Crippen LogP contribution in [0, 0.1) is 16.0 Å². The molecule has 8 nitrogen and oxygen atoms in total. The summed E-state index contributed by atoms with van der Waals surface area (Å²) in [5.74, 6) is -1.67. The van der Waals surface area contributed by atoms with Crippen LogP contribution in [0.5, 0.6) is 0 Å². The summed E-state index contributed by atoms with van der Waals surface area (Å²) >= 11 is 0. The molecule has 1 unspecified atom stereocenters. The number of carbonyl (C=O) groups is 2. The highest BCUT2D eigenvalue weighted by molar-refractivity contribution is 5.79. The average molecular weight is 335 g/mol. The SMILES string of the molecule is CC(CN(C(=O)CCNc1ccccc1[N+](=O)[O-])C1CC1)C(=O)O. The van der Waals surface area contributed by atoms with Crippen molar-refractivity contribution in [2.24, 2.45) is 5.92 Å². The molecule has 8 heteroatoms. The van der Waals surface area contributed by atoms with Crippen LogP contribution in [0.15, 0.2) is 24.3 Å². The van der Waals surface area contributed by atoms with Gasteiger partial charge in [0.25, 0.3) is 5.69 Å². The Labute approximate surface area is 139 Å². The maximum Gasteiger partial charge on any atom is 0.308 e. The second kappa shape index (κ2) is 7.76. The van der Waals surface area contributed by atoms with E-state index in [1.807, 2.05) is 0 Å². The van der Waals surface area contributed by atoms with Gasteiger partial charge in [-0.05, 0) is 18.9 Å². The molecule has 1 amide bonds. The van der Waals surface area contributed by atoms with Crippen molar-refractivity contribution < 1.29 is 19.6 Å². The monoisotopic (exact) mass is 335 g/mol. The summed E-state index contributed by atoms with van der Waals surface area (Å²) in [6, 6.07) is 6.38. The molecule has 130 valence electrons. The van der Waals surface area contributed by atoms with E-state index < -0.39 is 16.8 Å². The zero-order chi connectivity index (χ0) is 17.7. The summed E-state index contributed by atoms with van der Waals surface area (Å²) < 4.78 is 0. The van der Waals surface area contributed by atoms with Crippen LogP contribution in [0.3, 0.4) is 0 Å². The number of benzene rings is 1. The van der Waals surface area contributed by atoms with Crippen molar-refractivity contribution in [3.63, 3.8) is 0 Å². The molecular weight excluding hydrogens is 314 g/mol. The van der Waals surface area contributed by atoms with Crippen molar-refractivity contribution >= 4 is 23.3 Å². The van der Waals surface area contributed by atoms with Crippen LogP contribution in [0.4, 0.5) is 11.4 Å². The molecule has 0 aromatic heterocycles. The number of amides is 1. The number of carboxylic acids is 1. The first-order chi connectivity index (χ1) is 11.4. The summed E-state index contributed by atoms with van der Waals surface area (Å²) in [6.07, 6.45) is 1.96. The zero-order valence-corrected chi connectivity index (χ0v) is 13.5. The van der Waals surface area contributed by atoms with Crippen LogP contribution in [-0.2, 0) is 9.59 Å². The highest BCUT2D eigenvalue weighted by Gasteiger charge is 2.34. The molecule has 0 saturated heterocycles. The lowest BCUT2D eigenvalue weighted by molar-refractivity contribution is -0.384. The lowest BCUT2D eigenvalue weighted by atomic mass is 10.1. The van der Waals surface area contributed by atoms with E-state index in [2.05, 4.69) is 5.32 Å². The second-order valence-electron chi connectivity index (χ2n) is 5.97. The summed E-state index contributed by atoms with van der Waals surface area (Å²) in [7, 11) is 0. The summed E-state index contributed by atoms with van der Waals surface area (Å²) in [4.78, 5) is 35.4. The molecule has 0 heterocycles. The lowest BCUT2D eigenvalue weighted by Gasteiger charge is -2.24. The van der Waals surface area contributed by atoms with Crippen molar-refractivity contribution in [3.05, 3.63) is 34.4 Å². The standard InChI is InChI=1S/C16H21N3O5/c1-11(16(21)22)10-18(12-6-7-12)15(20)8-9-17-13-4-2-3-5-14(13)19(23)24/h2-5,11-12,17H,6-10H2,1H3,(H,21,22). The van der Waals surface area contributed by atoms with E-state index in [-0.39, 0.29) is 37.1 Å². The predicted molar refractivity (Wildman–Crippen MR) is 87.7 cm³/mol. The molecule has 2 N–H and O–H groups in total. The third-order valence-corrected chi connectivity index (χ3v) is 3.96. The van der Waals surface area contributed by atoms with Gasteiger partial charge in [0.15, 0.2) is 0 Å². The van der Waals surface area contributed by atoms with E-state index in [4.69, 9.17) is 5.11 Å². The smallest absolute Gasteiger partial charge is 0.308 e. The number of nitrogens with zero attached hydrogens (tertiary/aromatic N) is 2. The van der Waals surface area contributed by atoms with Gasteiger partial charge in [0, 0.05) is 31.6 Å². The molecule has 0 spiro atoms. The maximum absolute atomic E-state index is 12.4. The predicted octanol–water partition coefficient (Wildman–Crippen LogP) is 2.11. The average Bonchev–Trinajstić information content (AvgIpc) is 3.37. The molecule has 2 rings (SSSR count). The molecule has 1 saturated carbocycles. The minimum atomic E-state index is -0.925. The van der Waals surface area contributed by atoms with Crippen LogP contribution in [-0.4, -0.2) is 45.9 Å². The van der Waals surface area contributed by atoms with E-state index in [0.29, 0.717) is 5.69 Å². The Morgan fingerprint density at radius 3 is 2.67 bits per heavy atom. The minimum absolute atomic E-state index is 0.0384. The zero-order valence-electron chi connectivity index (χ0n) is 13.5.